The van der Waals surface area contributed by atoms with Crippen molar-refractivity contribution >= 4 is 11.6 Å². The Kier molecular flexibility index (Phi) is 6.50. The van der Waals surface area contributed by atoms with Gasteiger partial charge < -0.3 is 19.5 Å². The predicted octanol–water partition coefficient (Wildman–Crippen LogP) is 3.96. The fourth-order valence-corrected chi connectivity index (χ4v) is 2.81. The molecule has 1 unspecified atom stereocenters. The topological polar surface area (TPSA) is 56.8 Å². The molecule has 1 atom stereocenters. The van der Waals surface area contributed by atoms with Gasteiger partial charge in [0.25, 0.3) is 5.91 Å². The highest BCUT2D eigenvalue weighted by atomic mass is 16.5. The highest BCUT2D eigenvalue weighted by Gasteiger charge is 2.14. The summed E-state index contributed by atoms with van der Waals surface area (Å²) >= 11 is 0. The molecule has 3 rings (SSSR count). The molecule has 0 spiro atoms. The molecule has 0 aliphatic carbocycles. The summed E-state index contributed by atoms with van der Waals surface area (Å²) in [5.41, 5.74) is 1.81. The van der Waals surface area contributed by atoms with E-state index in [0.717, 1.165) is 30.8 Å². The molecule has 0 radical (unpaired) electrons. The zero-order valence-corrected chi connectivity index (χ0v) is 15.1. The van der Waals surface area contributed by atoms with Crippen molar-refractivity contribution in [1.29, 1.82) is 0 Å². The lowest BCUT2D eigenvalue weighted by Gasteiger charge is -2.22. The highest BCUT2D eigenvalue weighted by molar-refractivity contribution is 5.91. The largest absolute Gasteiger partial charge is 0.491 e. The number of benzene rings is 2. The zero-order chi connectivity index (χ0) is 18.2. The number of nitrogens with one attached hydrogen (secondary N) is 1. The molecule has 0 bridgehead atoms. The van der Waals surface area contributed by atoms with Crippen LogP contribution in [-0.4, -0.2) is 31.8 Å². The summed E-state index contributed by atoms with van der Waals surface area (Å²) in [6.45, 7) is 3.34. The maximum Gasteiger partial charge on any atom is 0.262 e. The van der Waals surface area contributed by atoms with Crippen LogP contribution in [-0.2, 0) is 9.53 Å². The molecule has 1 aliphatic rings. The Bertz CT molecular complexity index is 708. The fourth-order valence-electron chi connectivity index (χ4n) is 2.81. The molecule has 138 valence electrons. The number of hydrogen-bond acceptors (Lipinski definition) is 4. The van der Waals surface area contributed by atoms with Crippen molar-refractivity contribution in [3.63, 3.8) is 0 Å². The third-order valence-electron chi connectivity index (χ3n) is 4.21. The van der Waals surface area contributed by atoms with E-state index in [1.807, 2.05) is 55.5 Å². The number of carbonyl (C=O) groups is 1. The first-order valence-electron chi connectivity index (χ1n) is 9.03. The van der Waals surface area contributed by atoms with Gasteiger partial charge in [-0.25, -0.2) is 0 Å². The molecule has 1 N–H and O–H groups in total. The Labute approximate surface area is 154 Å². The van der Waals surface area contributed by atoms with E-state index < -0.39 is 0 Å². The number of carbonyl (C=O) groups excluding carboxylic acids is 1. The monoisotopic (exact) mass is 355 g/mol. The number of ether oxygens (including phenoxy) is 3. The van der Waals surface area contributed by atoms with Crippen LogP contribution in [0.1, 0.15) is 24.8 Å². The van der Waals surface area contributed by atoms with Crippen LogP contribution in [0.25, 0.3) is 0 Å². The molecule has 5 heteroatoms. The minimum atomic E-state index is -0.198. The van der Waals surface area contributed by atoms with Crippen LogP contribution in [0.5, 0.6) is 11.5 Å². The van der Waals surface area contributed by atoms with Gasteiger partial charge in [0.05, 0.1) is 6.10 Å². The van der Waals surface area contributed by atoms with Crippen LogP contribution in [0.15, 0.2) is 48.5 Å². The molecule has 26 heavy (non-hydrogen) atoms. The Morgan fingerprint density at radius 3 is 2.69 bits per heavy atom. The van der Waals surface area contributed by atoms with Crippen LogP contribution in [0.2, 0.25) is 0 Å². The highest BCUT2D eigenvalue weighted by Crippen LogP contribution is 2.19. The van der Waals surface area contributed by atoms with E-state index in [9.17, 15) is 4.79 Å². The lowest BCUT2D eigenvalue weighted by Crippen LogP contribution is -2.25. The van der Waals surface area contributed by atoms with Crippen LogP contribution >= 0.6 is 0 Å². The molecule has 1 fully saturated rings. The van der Waals surface area contributed by atoms with Crippen LogP contribution in [0.4, 0.5) is 5.69 Å². The first-order valence-corrected chi connectivity index (χ1v) is 9.03. The molecule has 1 saturated heterocycles. The SMILES string of the molecule is Cc1cccc(OCC(=O)Nc2ccc(OCC3CCCCO3)cc2)c1. The maximum atomic E-state index is 12.0. The molecule has 5 nitrogen and oxygen atoms in total. The second kappa shape index (κ2) is 9.25. The summed E-state index contributed by atoms with van der Waals surface area (Å²) in [6.07, 6.45) is 3.57. The molecule has 2 aromatic rings. The third kappa shape index (κ3) is 5.77. The van der Waals surface area contributed by atoms with Crippen LogP contribution < -0.4 is 14.8 Å². The van der Waals surface area contributed by atoms with Gasteiger partial charge in [0.1, 0.15) is 18.1 Å². The lowest BCUT2D eigenvalue weighted by molar-refractivity contribution is -0.118. The van der Waals surface area contributed by atoms with Gasteiger partial charge in [-0.05, 0) is 68.1 Å². The average Bonchev–Trinajstić information content (AvgIpc) is 2.67. The molecule has 0 aromatic heterocycles. The van der Waals surface area contributed by atoms with Crippen molar-refractivity contribution < 1.29 is 19.0 Å². The maximum absolute atomic E-state index is 12.0. The molecule has 2 aromatic carbocycles. The van der Waals surface area contributed by atoms with Gasteiger partial charge in [-0.1, -0.05) is 12.1 Å². The standard InChI is InChI=1S/C21H25NO4/c1-16-5-4-7-19(13-16)26-15-21(23)22-17-8-10-18(11-9-17)25-14-20-6-2-3-12-24-20/h4-5,7-11,13,20H,2-3,6,12,14-15H2,1H3,(H,22,23). The molecule has 1 amide bonds. The third-order valence-corrected chi connectivity index (χ3v) is 4.21. The molecule has 0 saturated carbocycles. The summed E-state index contributed by atoms with van der Waals surface area (Å²) in [5.74, 6) is 1.26. The Morgan fingerprint density at radius 1 is 1.12 bits per heavy atom. The van der Waals surface area contributed by atoms with E-state index in [0.29, 0.717) is 18.0 Å². The van der Waals surface area contributed by atoms with Crippen molar-refractivity contribution in [1.82, 2.24) is 0 Å². The van der Waals surface area contributed by atoms with Crippen LogP contribution in [0.3, 0.4) is 0 Å². The lowest BCUT2D eigenvalue weighted by atomic mass is 10.1. The van der Waals surface area contributed by atoms with E-state index in [-0.39, 0.29) is 18.6 Å². The fraction of sp³-hybridized carbons (Fsp3) is 0.381. The minimum absolute atomic E-state index is 0.0271. The van der Waals surface area contributed by atoms with Gasteiger partial charge in [0.2, 0.25) is 0 Å². The van der Waals surface area contributed by atoms with E-state index >= 15 is 0 Å². The first-order chi connectivity index (χ1) is 12.7. The van der Waals surface area contributed by atoms with Crippen molar-refractivity contribution in [3.8, 4) is 11.5 Å². The molecule has 1 heterocycles. The first kappa shape index (κ1) is 18.3. The van der Waals surface area contributed by atoms with Crippen molar-refractivity contribution in [2.24, 2.45) is 0 Å². The van der Waals surface area contributed by atoms with Gasteiger partial charge >= 0.3 is 0 Å². The van der Waals surface area contributed by atoms with Crippen LogP contribution in [0, 0.1) is 6.92 Å². The number of aryl methyl sites for hydroxylation is 1. The minimum Gasteiger partial charge on any atom is -0.491 e. The van der Waals surface area contributed by atoms with E-state index in [1.54, 1.807) is 0 Å². The number of amides is 1. The second-order valence-corrected chi connectivity index (χ2v) is 6.48. The zero-order valence-electron chi connectivity index (χ0n) is 15.1. The molecule has 1 aliphatic heterocycles. The number of anilines is 1. The Hall–Kier alpha value is -2.53. The van der Waals surface area contributed by atoms with E-state index in [1.165, 1.54) is 6.42 Å². The van der Waals surface area contributed by atoms with E-state index in [4.69, 9.17) is 14.2 Å². The summed E-state index contributed by atoms with van der Waals surface area (Å²) in [4.78, 5) is 12.0. The van der Waals surface area contributed by atoms with Gasteiger partial charge in [-0.3, -0.25) is 4.79 Å². The predicted molar refractivity (Wildman–Crippen MR) is 101 cm³/mol. The van der Waals surface area contributed by atoms with Crippen molar-refractivity contribution in [2.75, 3.05) is 25.1 Å². The Morgan fingerprint density at radius 2 is 1.96 bits per heavy atom. The normalized spacial score (nSPS) is 16.7. The van der Waals surface area contributed by atoms with Crippen molar-refractivity contribution in [3.05, 3.63) is 54.1 Å². The molecular weight excluding hydrogens is 330 g/mol. The summed E-state index contributed by atoms with van der Waals surface area (Å²) in [6, 6.07) is 15.0. The molecular formula is C21H25NO4. The van der Waals surface area contributed by atoms with Gasteiger partial charge in [0, 0.05) is 12.3 Å². The summed E-state index contributed by atoms with van der Waals surface area (Å²) in [5, 5.41) is 2.82. The quantitative estimate of drug-likeness (QED) is 0.817. The van der Waals surface area contributed by atoms with Crippen molar-refractivity contribution in [2.45, 2.75) is 32.3 Å². The Balaban J connectivity index is 1.42. The van der Waals surface area contributed by atoms with Gasteiger partial charge in [-0.15, -0.1) is 0 Å². The summed E-state index contributed by atoms with van der Waals surface area (Å²) in [7, 11) is 0. The summed E-state index contributed by atoms with van der Waals surface area (Å²) < 4.78 is 16.9. The van der Waals surface area contributed by atoms with E-state index in [2.05, 4.69) is 5.32 Å². The second-order valence-electron chi connectivity index (χ2n) is 6.48. The number of rotatable bonds is 7. The number of hydrogen-bond donors (Lipinski definition) is 1. The smallest absolute Gasteiger partial charge is 0.262 e. The average molecular weight is 355 g/mol. The van der Waals surface area contributed by atoms with Gasteiger partial charge in [-0.2, -0.15) is 0 Å². The van der Waals surface area contributed by atoms with Gasteiger partial charge in [0.15, 0.2) is 6.61 Å².